The zero-order valence-electron chi connectivity index (χ0n) is 11.9. The van der Waals surface area contributed by atoms with Crippen molar-refractivity contribution in [3.63, 3.8) is 0 Å². The van der Waals surface area contributed by atoms with Gasteiger partial charge in [-0.3, -0.25) is 9.59 Å². The van der Waals surface area contributed by atoms with Gasteiger partial charge in [0.1, 0.15) is 0 Å². The number of Topliss-reactive ketones (excluding diaryl/α,β-unsaturated/α-hetero) is 2. The van der Waals surface area contributed by atoms with Gasteiger partial charge in [-0.15, -0.1) is 11.3 Å². The number of hydrogen-bond acceptors (Lipinski definition) is 5. The van der Waals surface area contributed by atoms with Gasteiger partial charge in [0.25, 0.3) is 0 Å². The molecule has 6 heteroatoms. The Bertz CT molecular complexity index is 752. The SMILES string of the molecule is C=Cc1csc(C(=O)Cc2c(C(C)=O)ccc(CO)c2Cl)n1. The molecule has 2 aromatic rings. The first-order chi connectivity index (χ1) is 10.5. The maximum absolute atomic E-state index is 12.4. The lowest BCUT2D eigenvalue weighted by Crippen LogP contribution is -2.10. The van der Waals surface area contributed by atoms with Crippen LogP contribution in [0.15, 0.2) is 24.1 Å². The van der Waals surface area contributed by atoms with Gasteiger partial charge in [-0.25, -0.2) is 4.98 Å². The van der Waals surface area contributed by atoms with E-state index in [2.05, 4.69) is 11.6 Å². The summed E-state index contributed by atoms with van der Waals surface area (Å²) in [5, 5.41) is 11.6. The van der Waals surface area contributed by atoms with E-state index in [1.54, 1.807) is 23.6 Å². The van der Waals surface area contributed by atoms with Gasteiger partial charge in [0, 0.05) is 17.4 Å². The molecule has 1 aromatic carbocycles. The molecule has 0 amide bonds. The van der Waals surface area contributed by atoms with Gasteiger partial charge in [0.05, 0.1) is 17.3 Å². The summed E-state index contributed by atoms with van der Waals surface area (Å²) in [5.74, 6) is -0.405. The number of rotatable bonds is 6. The van der Waals surface area contributed by atoms with Crippen molar-refractivity contribution in [2.45, 2.75) is 20.0 Å². The number of halogens is 1. The molecule has 0 atom stereocenters. The van der Waals surface area contributed by atoms with Gasteiger partial charge in [0.15, 0.2) is 16.6 Å². The fourth-order valence-electron chi connectivity index (χ4n) is 2.04. The third-order valence-electron chi connectivity index (χ3n) is 3.18. The number of carbonyl (C=O) groups is 2. The Morgan fingerprint density at radius 3 is 2.73 bits per heavy atom. The average molecular weight is 336 g/mol. The number of hydrogen-bond donors (Lipinski definition) is 1. The largest absolute Gasteiger partial charge is 0.392 e. The van der Waals surface area contributed by atoms with Crippen LogP contribution in [-0.4, -0.2) is 21.7 Å². The Labute approximate surface area is 137 Å². The van der Waals surface area contributed by atoms with Crippen LogP contribution in [0, 0.1) is 0 Å². The monoisotopic (exact) mass is 335 g/mol. The summed E-state index contributed by atoms with van der Waals surface area (Å²) in [4.78, 5) is 28.2. The topological polar surface area (TPSA) is 67.3 Å². The lowest BCUT2D eigenvalue weighted by Gasteiger charge is -2.11. The molecule has 1 aromatic heterocycles. The molecule has 0 unspecified atom stereocenters. The zero-order chi connectivity index (χ0) is 16.3. The summed E-state index contributed by atoms with van der Waals surface area (Å²) in [5.41, 5.74) is 1.94. The van der Waals surface area contributed by atoms with Gasteiger partial charge in [-0.05, 0) is 24.1 Å². The van der Waals surface area contributed by atoms with E-state index in [-0.39, 0.29) is 29.6 Å². The van der Waals surface area contributed by atoms with E-state index in [4.69, 9.17) is 11.6 Å². The van der Waals surface area contributed by atoms with Gasteiger partial charge in [-0.2, -0.15) is 0 Å². The second-order valence-corrected chi connectivity index (χ2v) is 5.90. The summed E-state index contributed by atoms with van der Waals surface area (Å²) in [6.07, 6.45) is 1.53. The summed E-state index contributed by atoms with van der Waals surface area (Å²) in [6, 6.07) is 3.17. The summed E-state index contributed by atoms with van der Waals surface area (Å²) in [7, 11) is 0. The van der Waals surface area contributed by atoms with Crippen molar-refractivity contribution >= 4 is 40.6 Å². The van der Waals surface area contributed by atoms with Gasteiger partial charge < -0.3 is 5.11 Å². The Morgan fingerprint density at radius 2 is 2.18 bits per heavy atom. The predicted molar refractivity (Wildman–Crippen MR) is 87.6 cm³/mol. The fourth-order valence-corrected chi connectivity index (χ4v) is 3.07. The molecule has 2 rings (SSSR count). The quantitative estimate of drug-likeness (QED) is 0.820. The van der Waals surface area contributed by atoms with Crippen LogP contribution in [0.25, 0.3) is 6.08 Å². The third kappa shape index (κ3) is 3.32. The van der Waals surface area contributed by atoms with Crippen molar-refractivity contribution in [3.8, 4) is 0 Å². The lowest BCUT2D eigenvalue weighted by atomic mass is 9.97. The number of aromatic nitrogens is 1. The first kappa shape index (κ1) is 16.5. The molecular formula is C16H14ClNO3S. The number of thiazole rings is 1. The van der Waals surface area contributed by atoms with E-state index >= 15 is 0 Å². The molecule has 0 saturated carbocycles. The maximum Gasteiger partial charge on any atom is 0.195 e. The van der Waals surface area contributed by atoms with Crippen LogP contribution in [0.4, 0.5) is 0 Å². The molecule has 114 valence electrons. The molecule has 0 spiro atoms. The Hall–Kier alpha value is -1.82. The number of ketones is 2. The molecule has 1 heterocycles. The van der Waals surface area contributed by atoms with E-state index < -0.39 is 0 Å². The number of nitrogens with zero attached hydrogens (tertiary/aromatic N) is 1. The highest BCUT2D eigenvalue weighted by atomic mass is 35.5. The molecule has 0 aliphatic heterocycles. The van der Waals surface area contributed by atoms with Crippen LogP contribution in [0.1, 0.15) is 43.9 Å². The number of benzene rings is 1. The molecular weight excluding hydrogens is 322 g/mol. The van der Waals surface area contributed by atoms with Gasteiger partial charge >= 0.3 is 0 Å². The first-order valence-electron chi connectivity index (χ1n) is 6.51. The molecule has 0 fully saturated rings. The molecule has 0 radical (unpaired) electrons. The molecule has 0 bridgehead atoms. The Kier molecular flexibility index (Phi) is 5.24. The van der Waals surface area contributed by atoms with E-state index in [0.29, 0.717) is 27.4 Å². The standard InChI is InChI=1S/C16H14ClNO3S/c1-3-11-8-22-16(18-11)14(21)6-13-12(9(2)20)5-4-10(7-19)15(13)17/h3-5,8,19H,1,6-7H2,2H3. The number of aliphatic hydroxyl groups excluding tert-OH is 1. The minimum atomic E-state index is -0.254. The van der Waals surface area contributed by atoms with Crippen LogP contribution in [-0.2, 0) is 13.0 Å². The zero-order valence-corrected chi connectivity index (χ0v) is 13.5. The molecule has 22 heavy (non-hydrogen) atoms. The van der Waals surface area contributed by atoms with Crippen molar-refractivity contribution in [1.29, 1.82) is 0 Å². The van der Waals surface area contributed by atoms with Crippen molar-refractivity contribution < 1.29 is 14.7 Å². The van der Waals surface area contributed by atoms with E-state index in [1.807, 2.05) is 0 Å². The third-order valence-corrected chi connectivity index (χ3v) is 4.55. The van der Waals surface area contributed by atoms with Crippen molar-refractivity contribution in [2.24, 2.45) is 0 Å². The average Bonchev–Trinajstić information content (AvgIpc) is 2.97. The fraction of sp³-hybridized carbons (Fsp3) is 0.188. The van der Waals surface area contributed by atoms with E-state index in [1.165, 1.54) is 18.3 Å². The van der Waals surface area contributed by atoms with Gasteiger partial charge in [0.2, 0.25) is 0 Å². The second kappa shape index (κ2) is 6.96. The molecule has 0 aliphatic carbocycles. The molecule has 1 N–H and O–H groups in total. The van der Waals surface area contributed by atoms with Crippen LogP contribution in [0.5, 0.6) is 0 Å². The molecule has 0 saturated heterocycles. The van der Waals surface area contributed by atoms with Crippen molar-refractivity contribution in [2.75, 3.05) is 0 Å². The minimum Gasteiger partial charge on any atom is -0.392 e. The van der Waals surface area contributed by atoms with Crippen LogP contribution < -0.4 is 0 Å². The lowest BCUT2D eigenvalue weighted by molar-refractivity contribution is 0.0992. The maximum atomic E-state index is 12.4. The van der Waals surface area contributed by atoms with Crippen molar-refractivity contribution in [3.05, 3.63) is 56.5 Å². The summed E-state index contributed by atoms with van der Waals surface area (Å²) >= 11 is 7.45. The highest BCUT2D eigenvalue weighted by molar-refractivity contribution is 7.11. The predicted octanol–water partition coefficient (Wildman–Crippen LogP) is 3.56. The highest BCUT2D eigenvalue weighted by Crippen LogP contribution is 2.27. The first-order valence-corrected chi connectivity index (χ1v) is 7.77. The van der Waals surface area contributed by atoms with Crippen LogP contribution in [0.3, 0.4) is 0 Å². The van der Waals surface area contributed by atoms with Crippen molar-refractivity contribution in [1.82, 2.24) is 4.98 Å². The highest BCUT2D eigenvalue weighted by Gasteiger charge is 2.19. The summed E-state index contributed by atoms with van der Waals surface area (Å²) in [6.45, 7) is 4.76. The van der Waals surface area contributed by atoms with E-state index in [9.17, 15) is 14.7 Å². The number of aliphatic hydroxyl groups is 1. The normalized spacial score (nSPS) is 10.5. The second-order valence-electron chi connectivity index (χ2n) is 4.66. The van der Waals surface area contributed by atoms with Crippen LogP contribution in [0.2, 0.25) is 5.02 Å². The Morgan fingerprint density at radius 1 is 1.45 bits per heavy atom. The molecule has 0 aliphatic rings. The van der Waals surface area contributed by atoms with E-state index in [0.717, 1.165) is 0 Å². The van der Waals surface area contributed by atoms with Crippen LogP contribution >= 0.6 is 22.9 Å². The van der Waals surface area contributed by atoms with Gasteiger partial charge in [-0.1, -0.05) is 30.3 Å². The Balaban J connectivity index is 2.40. The number of carbonyl (C=O) groups excluding carboxylic acids is 2. The smallest absolute Gasteiger partial charge is 0.195 e. The minimum absolute atomic E-state index is 0.0360. The molecule has 4 nitrogen and oxygen atoms in total. The summed E-state index contributed by atoms with van der Waals surface area (Å²) < 4.78 is 0.